The molecule has 0 amide bonds. The van der Waals surface area contributed by atoms with Crippen LogP contribution in [0, 0.1) is 0 Å². The van der Waals surface area contributed by atoms with Crippen LogP contribution in [-0.4, -0.2) is 27.7 Å². The molecular weight excluding hydrogens is 284 g/mol. The van der Waals surface area contributed by atoms with Crippen molar-refractivity contribution in [1.29, 1.82) is 0 Å². The lowest BCUT2D eigenvalue weighted by Crippen LogP contribution is -2.20. The predicted molar refractivity (Wildman–Crippen MR) is 82.0 cm³/mol. The Hall–Kier alpha value is -3.02. The first-order valence-corrected chi connectivity index (χ1v) is 6.82. The molecule has 6 heteroatoms. The van der Waals surface area contributed by atoms with E-state index in [1.54, 1.807) is 37.4 Å². The average Bonchev–Trinajstić information content (AvgIpc) is 3.01. The lowest BCUT2D eigenvalue weighted by atomic mass is 10.1. The summed E-state index contributed by atoms with van der Waals surface area (Å²) < 4.78 is 4.98. The molecule has 0 aliphatic heterocycles. The molecule has 0 radical (unpaired) electrons. The van der Waals surface area contributed by atoms with Crippen LogP contribution in [0.4, 0.5) is 0 Å². The molecule has 0 bridgehead atoms. The van der Waals surface area contributed by atoms with Crippen molar-refractivity contribution >= 4 is 16.9 Å². The van der Waals surface area contributed by atoms with Crippen molar-refractivity contribution in [3.8, 4) is 17.1 Å². The molecule has 1 aromatic carbocycles. The Bertz CT molecular complexity index is 894. The van der Waals surface area contributed by atoms with E-state index in [2.05, 4.69) is 9.97 Å². The molecule has 0 spiro atoms. The number of aromatic nitrogens is 2. The Labute approximate surface area is 125 Å². The van der Waals surface area contributed by atoms with Crippen LogP contribution in [0.5, 0.6) is 5.75 Å². The summed E-state index contributed by atoms with van der Waals surface area (Å²) >= 11 is 0. The zero-order valence-corrected chi connectivity index (χ0v) is 11.8. The van der Waals surface area contributed by atoms with Crippen molar-refractivity contribution in [1.82, 2.24) is 9.97 Å². The minimum absolute atomic E-state index is 0.0702. The molecule has 3 N–H and O–H groups in total. The summed E-state index contributed by atoms with van der Waals surface area (Å²) in [6.45, 7) is 1.82. The number of ether oxygens (including phenoxy) is 1. The quantitative estimate of drug-likeness (QED) is 0.647. The van der Waals surface area contributed by atoms with E-state index in [0.717, 1.165) is 0 Å². The number of benzene rings is 1. The summed E-state index contributed by atoms with van der Waals surface area (Å²) in [5.41, 5.74) is 0.688. The molecule has 0 saturated heterocycles. The number of aromatic amines is 2. The molecule has 0 aliphatic carbocycles. The third kappa shape index (κ3) is 2.14. The minimum Gasteiger partial charge on any atom is -0.507 e. The van der Waals surface area contributed by atoms with Gasteiger partial charge >= 0.3 is 5.97 Å². The Balaban J connectivity index is 2.40. The smallest absolute Gasteiger partial charge is 0.344 e. The van der Waals surface area contributed by atoms with Crippen LogP contribution < -0.4 is 5.43 Å². The van der Waals surface area contributed by atoms with E-state index in [-0.39, 0.29) is 23.3 Å². The summed E-state index contributed by atoms with van der Waals surface area (Å²) in [6, 6.07) is 8.19. The largest absolute Gasteiger partial charge is 0.507 e. The molecule has 0 fully saturated rings. The lowest BCUT2D eigenvalue weighted by Gasteiger charge is -2.10. The van der Waals surface area contributed by atoms with Gasteiger partial charge in [-0.15, -0.1) is 0 Å². The van der Waals surface area contributed by atoms with Crippen molar-refractivity contribution in [2.75, 3.05) is 6.61 Å². The summed E-state index contributed by atoms with van der Waals surface area (Å²) in [5, 5.41) is 10.00. The fourth-order valence-electron chi connectivity index (χ4n) is 2.40. The van der Waals surface area contributed by atoms with E-state index < -0.39 is 11.4 Å². The molecule has 2 aromatic heterocycles. The number of carbonyl (C=O) groups is 1. The van der Waals surface area contributed by atoms with E-state index in [4.69, 9.17) is 4.74 Å². The van der Waals surface area contributed by atoms with Gasteiger partial charge in [-0.25, -0.2) is 4.79 Å². The number of pyridine rings is 1. The normalized spacial score (nSPS) is 10.8. The van der Waals surface area contributed by atoms with E-state index in [9.17, 15) is 14.7 Å². The molecule has 0 saturated carbocycles. The molecule has 0 unspecified atom stereocenters. The van der Waals surface area contributed by atoms with Gasteiger partial charge in [0.25, 0.3) is 0 Å². The first kappa shape index (κ1) is 13.9. The molecule has 3 aromatic rings. The van der Waals surface area contributed by atoms with E-state index in [0.29, 0.717) is 16.9 Å². The number of phenolic OH excluding ortho intramolecular Hbond substituents is 1. The summed E-state index contributed by atoms with van der Waals surface area (Å²) in [6.07, 6.45) is 1.69. The number of hydrogen-bond donors (Lipinski definition) is 3. The van der Waals surface area contributed by atoms with Gasteiger partial charge in [0.15, 0.2) is 0 Å². The van der Waals surface area contributed by atoms with Crippen LogP contribution in [-0.2, 0) is 4.74 Å². The molecular formula is C16H14N2O4. The van der Waals surface area contributed by atoms with E-state index in [1.807, 2.05) is 0 Å². The van der Waals surface area contributed by atoms with Gasteiger partial charge in [0, 0.05) is 6.20 Å². The molecule has 0 atom stereocenters. The molecule has 6 nitrogen and oxygen atoms in total. The SMILES string of the molecule is CCOC(=O)c1c(-c2ccc[nH]2)[nH]c2cccc(O)c2c1=O. The maximum absolute atomic E-state index is 12.7. The van der Waals surface area contributed by atoms with Crippen molar-refractivity contribution in [3.05, 3.63) is 52.3 Å². The number of hydrogen-bond acceptors (Lipinski definition) is 4. The van der Waals surface area contributed by atoms with Crippen LogP contribution in [0.1, 0.15) is 17.3 Å². The molecule has 3 rings (SSSR count). The average molecular weight is 298 g/mol. The van der Waals surface area contributed by atoms with Crippen molar-refractivity contribution in [2.45, 2.75) is 6.92 Å². The Morgan fingerprint density at radius 1 is 1.27 bits per heavy atom. The number of aromatic hydroxyl groups is 1. The summed E-state index contributed by atoms with van der Waals surface area (Å²) in [5.74, 6) is -0.902. The third-order valence-corrected chi connectivity index (χ3v) is 3.35. The number of fused-ring (bicyclic) bond motifs is 1. The summed E-state index contributed by atoms with van der Waals surface area (Å²) in [4.78, 5) is 30.9. The van der Waals surface area contributed by atoms with E-state index in [1.165, 1.54) is 6.07 Å². The number of H-pyrrole nitrogens is 2. The molecule has 22 heavy (non-hydrogen) atoms. The first-order chi connectivity index (χ1) is 10.6. The highest BCUT2D eigenvalue weighted by Crippen LogP contribution is 2.25. The second-order valence-electron chi connectivity index (χ2n) is 4.71. The second-order valence-corrected chi connectivity index (χ2v) is 4.71. The van der Waals surface area contributed by atoms with Crippen LogP contribution in [0.15, 0.2) is 41.3 Å². The van der Waals surface area contributed by atoms with Gasteiger partial charge in [-0.1, -0.05) is 6.07 Å². The van der Waals surface area contributed by atoms with Gasteiger partial charge in [-0.3, -0.25) is 4.79 Å². The zero-order valence-electron chi connectivity index (χ0n) is 11.8. The van der Waals surface area contributed by atoms with Gasteiger partial charge < -0.3 is 19.8 Å². The van der Waals surface area contributed by atoms with Crippen LogP contribution >= 0.6 is 0 Å². The van der Waals surface area contributed by atoms with Gasteiger partial charge in [-0.05, 0) is 31.2 Å². The minimum atomic E-state index is -0.724. The zero-order chi connectivity index (χ0) is 15.7. The number of phenols is 1. The monoisotopic (exact) mass is 298 g/mol. The second kappa shape index (κ2) is 5.40. The number of rotatable bonds is 3. The predicted octanol–water partition coefficient (Wildman–Crippen LogP) is 2.41. The highest BCUT2D eigenvalue weighted by atomic mass is 16.5. The Kier molecular flexibility index (Phi) is 3.42. The number of esters is 1. The fraction of sp³-hybridized carbons (Fsp3) is 0.125. The van der Waals surface area contributed by atoms with Gasteiger partial charge in [0.1, 0.15) is 11.3 Å². The third-order valence-electron chi connectivity index (χ3n) is 3.35. The fourth-order valence-corrected chi connectivity index (χ4v) is 2.40. The standard InChI is InChI=1S/C16H14N2O4/c1-2-22-16(21)13-14(10-6-4-8-17-10)18-9-5-3-7-11(19)12(9)15(13)20/h3-8,17,19H,2H2,1H3,(H,18,20). The molecule has 2 heterocycles. The highest BCUT2D eigenvalue weighted by Gasteiger charge is 2.22. The van der Waals surface area contributed by atoms with Crippen LogP contribution in [0.2, 0.25) is 0 Å². The highest BCUT2D eigenvalue weighted by molar-refractivity contribution is 6.01. The molecule has 112 valence electrons. The van der Waals surface area contributed by atoms with Crippen LogP contribution in [0.25, 0.3) is 22.3 Å². The summed E-state index contributed by atoms with van der Waals surface area (Å²) in [7, 11) is 0. The lowest BCUT2D eigenvalue weighted by molar-refractivity contribution is 0.0525. The van der Waals surface area contributed by atoms with E-state index >= 15 is 0 Å². The van der Waals surface area contributed by atoms with Crippen molar-refractivity contribution < 1.29 is 14.6 Å². The Morgan fingerprint density at radius 3 is 2.77 bits per heavy atom. The van der Waals surface area contributed by atoms with Crippen molar-refractivity contribution in [3.63, 3.8) is 0 Å². The number of nitrogens with one attached hydrogen (secondary N) is 2. The van der Waals surface area contributed by atoms with Gasteiger partial charge in [-0.2, -0.15) is 0 Å². The topological polar surface area (TPSA) is 95.2 Å². The maximum Gasteiger partial charge on any atom is 0.344 e. The first-order valence-electron chi connectivity index (χ1n) is 6.82. The Morgan fingerprint density at radius 2 is 2.09 bits per heavy atom. The maximum atomic E-state index is 12.7. The van der Waals surface area contributed by atoms with Crippen LogP contribution in [0.3, 0.4) is 0 Å². The van der Waals surface area contributed by atoms with Crippen molar-refractivity contribution in [2.24, 2.45) is 0 Å². The molecule has 0 aliphatic rings. The number of carbonyl (C=O) groups excluding carboxylic acids is 1. The van der Waals surface area contributed by atoms with Gasteiger partial charge in [0.05, 0.1) is 28.9 Å². The van der Waals surface area contributed by atoms with Gasteiger partial charge in [0.2, 0.25) is 5.43 Å².